The van der Waals surface area contributed by atoms with Gasteiger partial charge in [-0.2, -0.15) is 0 Å². The zero-order chi connectivity index (χ0) is 14.1. The largest absolute Gasteiger partial charge is 0.463 e. The zero-order valence-electron chi connectivity index (χ0n) is 11.5. The van der Waals surface area contributed by atoms with Gasteiger partial charge in [-0.1, -0.05) is 0 Å². The second-order valence-electron chi connectivity index (χ2n) is 4.62. The predicted octanol–water partition coefficient (Wildman–Crippen LogP) is 2.02. The summed E-state index contributed by atoms with van der Waals surface area (Å²) in [5, 5.41) is 0. The van der Waals surface area contributed by atoms with Crippen LogP contribution in [0.15, 0.2) is 0 Å². The van der Waals surface area contributed by atoms with Gasteiger partial charge in [0.1, 0.15) is 5.78 Å². The van der Waals surface area contributed by atoms with Crippen molar-refractivity contribution < 1.29 is 23.9 Å². The Morgan fingerprint density at radius 2 is 1.06 bits per heavy atom. The Labute approximate surface area is 108 Å². The quantitative estimate of drug-likeness (QED) is 0.623. The van der Waals surface area contributed by atoms with Crippen molar-refractivity contribution in [3.63, 3.8) is 0 Å². The van der Waals surface area contributed by atoms with E-state index in [1.165, 1.54) is 0 Å². The maximum atomic E-state index is 11.4. The van der Waals surface area contributed by atoms with Crippen molar-refractivity contribution in [1.82, 2.24) is 0 Å². The molecular weight excluding hydrogens is 236 g/mol. The van der Waals surface area contributed by atoms with Gasteiger partial charge < -0.3 is 9.47 Å². The highest BCUT2D eigenvalue weighted by Gasteiger charge is 2.12. The van der Waals surface area contributed by atoms with Crippen LogP contribution in [0.1, 0.15) is 53.4 Å². The molecule has 0 amide bonds. The van der Waals surface area contributed by atoms with E-state index in [1.807, 2.05) is 0 Å². The zero-order valence-corrected chi connectivity index (χ0v) is 11.5. The van der Waals surface area contributed by atoms with E-state index in [9.17, 15) is 14.4 Å². The molecule has 0 N–H and O–H groups in total. The third-order valence-electron chi connectivity index (χ3n) is 1.95. The monoisotopic (exact) mass is 258 g/mol. The Hall–Kier alpha value is -1.39. The average Bonchev–Trinajstić information content (AvgIpc) is 2.21. The van der Waals surface area contributed by atoms with Crippen molar-refractivity contribution in [3.8, 4) is 0 Å². The van der Waals surface area contributed by atoms with Crippen LogP contribution in [-0.4, -0.2) is 29.9 Å². The Bertz CT molecular complexity index is 266. The second kappa shape index (κ2) is 8.66. The fraction of sp³-hybridized carbons (Fsp3) is 0.769. The van der Waals surface area contributed by atoms with Gasteiger partial charge in [0.2, 0.25) is 0 Å². The van der Waals surface area contributed by atoms with Crippen molar-refractivity contribution in [2.24, 2.45) is 0 Å². The number of hydrogen-bond donors (Lipinski definition) is 0. The Kier molecular flexibility index (Phi) is 8.00. The number of carbonyl (C=O) groups is 3. The van der Waals surface area contributed by atoms with Crippen LogP contribution in [0.25, 0.3) is 0 Å². The average molecular weight is 258 g/mol. The first-order valence-electron chi connectivity index (χ1n) is 6.22. The topological polar surface area (TPSA) is 69.7 Å². The summed E-state index contributed by atoms with van der Waals surface area (Å²) in [5.74, 6) is -0.900. The van der Waals surface area contributed by atoms with Crippen molar-refractivity contribution >= 4 is 17.7 Å². The third kappa shape index (κ3) is 9.81. The summed E-state index contributed by atoms with van der Waals surface area (Å²) in [4.78, 5) is 33.8. The van der Waals surface area contributed by atoms with Gasteiger partial charge >= 0.3 is 11.9 Å². The van der Waals surface area contributed by atoms with E-state index in [-0.39, 0.29) is 55.6 Å². The van der Waals surface area contributed by atoms with E-state index in [1.54, 1.807) is 27.7 Å². The maximum absolute atomic E-state index is 11.4. The van der Waals surface area contributed by atoms with Gasteiger partial charge in [0, 0.05) is 12.8 Å². The van der Waals surface area contributed by atoms with Gasteiger partial charge in [-0.05, 0) is 27.7 Å². The van der Waals surface area contributed by atoms with E-state index < -0.39 is 0 Å². The minimum absolute atomic E-state index is 0.0657. The summed E-state index contributed by atoms with van der Waals surface area (Å²) < 4.78 is 9.79. The highest BCUT2D eigenvalue weighted by molar-refractivity contribution is 5.85. The molecule has 5 nitrogen and oxygen atoms in total. The lowest BCUT2D eigenvalue weighted by atomic mass is 10.1. The lowest BCUT2D eigenvalue weighted by Crippen LogP contribution is -2.15. The minimum Gasteiger partial charge on any atom is -0.463 e. The second-order valence-corrected chi connectivity index (χ2v) is 4.62. The Balaban J connectivity index is 3.72. The van der Waals surface area contributed by atoms with Crippen molar-refractivity contribution in [1.29, 1.82) is 0 Å². The normalized spacial score (nSPS) is 10.6. The van der Waals surface area contributed by atoms with Crippen LogP contribution in [-0.2, 0) is 23.9 Å². The molecule has 0 aliphatic carbocycles. The molecule has 0 heterocycles. The molecule has 0 rings (SSSR count). The van der Waals surface area contributed by atoms with Gasteiger partial charge in [-0.15, -0.1) is 0 Å². The fourth-order valence-corrected chi connectivity index (χ4v) is 1.25. The standard InChI is InChI=1S/C13H22O5/c1-9(2)17-12(15)7-5-11(14)6-8-13(16)18-10(3)4/h9-10H,5-8H2,1-4H3. The minimum atomic E-state index is -0.386. The van der Waals surface area contributed by atoms with Gasteiger partial charge in [0.25, 0.3) is 0 Å². The molecule has 0 unspecified atom stereocenters. The number of ketones is 1. The molecule has 104 valence electrons. The van der Waals surface area contributed by atoms with E-state index in [2.05, 4.69) is 0 Å². The number of esters is 2. The first-order valence-corrected chi connectivity index (χ1v) is 6.22. The highest BCUT2D eigenvalue weighted by Crippen LogP contribution is 2.04. The molecule has 0 aliphatic heterocycles. The number of carbonyl (C=O) groups excluding carboxylic acids is 3. The lowest BCUT2D eigenvalue weighted by Gasteiger charge is -2.08. The van der Waals surface area contributed by atoms with Crippen LogP contribution in [0.3, 0.4) is 0 Å². The first-order chi connectivity index (χ1) is 8.31. The van der Waals surface area contributed by atoms with Crippen LogP contribution in [0, 0.1) is 0 Å². The van der Waals surface area contributed by atoms with Crippen molar-refractivity contribution in [3.05, 3.63) is 0 Å². The molecular formula is C13H22O5. The summed E-state index contributed by atoms with van der Waals surface area (Å²) in [5.41, 5.74) is 0. The molecule has 0 aromatic heterocycles. The number of ether oxygens (including phenoxy) is 2. The summed E-state index contributed by atoms with van der Waals surface area (Å²) in [6, 6.07) is 0. The molecule has 0 saturated heterocycles. The Morgan fingerprint density at radius 3 is 1.33 bits per heavy atom. The van der Waals surface area contributed by atoms with E-state index >= 15 is 0 Å². The summed E-state index contributed by atoms with van der Waals surface area (Å²) in [6.07, 6.45) is 0.00952. The van der Waals surface area contributed by atoms with E-state index in [4.69, 9.17) is 9.47 Å². The molecule has 0 aliphatic rings. The number of Topliss-reactive ketones (excluding diaryl/α,β-unsaturated/α-hetero) is 1. The lowest BCUT2D eigenvalue weighted by molar-refractivity contribution is -0.148. The summed E-state index contributed by atoms with van der Waals surface area (Å²) >= 11 is 0. The smallest absolute Gasteiger partial charge is 0.306 e. The molecule has 5 heteroatoms. The predicted molar refractivity (Wildman–Crippen MR) is 65.9 cm³/mol. The Morgan fingerprint density at radius 1 is 0.722 bits per heavy atom. The first kappa shape index (κ1) is 16.6. The van der Waals surface area contributed by atoms with Crippen LogP contribution < -0.4 is 0 Å². The van der Waals surface area contributed by atoms with Crippen LogP contribution in [0.5, 0.6) is 0 Å². The molecule has 0 spiro atoms. The SMILES string of the molecule is CC(C)OC(=O)CCC(=O)CCC(=O)OC(C)C. The molecule has 0 aromatic rings. The van der Waals surface area contributed by atoms with Crippen LogP contribution in [0.4, 0.5) is 0 Å². The van der Waals surface area contributed by atoms with Crippen molar-refractivity contribution in [2.75, 3.05) is 0 Å². The molecule has 0 aromatic carbocycles. The van der Waals surface area contributed by atoms with Crippen LogP contribution >= 0.6 is 0 Å². The number of rotatable bonds is 8. The molecule has 0 saturated carbocycles. The third-order valence-corrected chi connectivity index (χ3v) is 1.95. The van der Waals surface area contributed by atoms with Gasteiger partial charge in [-0.3, -0.25) is 14.4 Å². The maximum Gasteiger partial charge on any atom is 0.306 e. The number of hydrogen-bond acceptors (Lipinski definition) is 5. The summed E-state index contributed by atoms with van der Waals surface area (Å²) in [7, 11) is 0. The highest BCUT2D eigenvalue weighted by atomic mass is 16.5. The van der Waals surface area contributed by atoms with E-state index in [0.717, 1.165) is 0 Å². The van der Waals surface area contributed by atoms with Gasteiger partial charge in [0.05, 0.1) is 25.0 Å². The van der Waals surface area contributed by atoms with E-state index in [0.29, 0.717) is 0 Å². The molecule has 0 bridgehead atoms. The molecule has 0 atom stereocenters. The van der Waals surface area contributed by atoms with Crippen LogP contribution in [0.2, 0.25) is 0 Å². The van der Waals surface area contributed by atoms with Gasteiger partial charge in [-0.25, -0.2) is 0 Å². The molecule has 0 fully saturated rings. The van der Waals surface area contributed by atoms with Crippen molar-refractivity contribution in [2.45, 2.75) is 65.6 Å². The van der Waals surface area contributed by atoms with Gasteiger partial charge in [0.15, 0.2) is 0 Å². The molecule has 18 heavy (non-hydrogen) atoms. The summed E-state index contributed by atoms with van der Waals surface area (Å²) in [6.45, 7) is 7.01. The molecule has 0 radical (unpaired) electrons. The fourth-order valence-electron chi connectivity index (χ4n) is 1.25.